The van der Waals surface area contributed by atoms with Gasteiger partial charge in [-0.3, -0.25) is 4.79 Å². The average Bonchev–Trinajstić information content (AvgIpc) is 2.29. The Kier molecular flexibility index (Phi) is 8.12. The predicted molar refractivity (Wildman–Crippen MR) is 68.1 cm³/mol. The molecule has 5 heteroatoms. The Morgan fingerprint density at radius 1 is 1.29 bits per heavy atom. The zero-order valence-electron chi connectivity index (χ0n) is 11.6. The van der Waals surface area contributed by atoms with Crippen molar-refractivity contribution in [2.75, 3.05) is 33.9 Å². The lowest BCUT2D eigenvalue weighted by molar-refractivity contribution is -0.123. The molecule has 1 unspecified atom stereocenters. The van der Waals surface area contributed by atoms with Gasteiger partial charge >= 0.3 is 0 Å². The van der Waals surface area contributed by atoms with Gasteiger partial charge < -0.3 is 20.1 Å². The fourth-order valence-corrected chi connectivity index (χ4v) is 1.21. The Morgan fingerprint density at radius 3 is 2.47 bits per heavy atom. The van der Waals surface area contributed by atoms with Crippen LogP contribution < -0.4 is 10.6 Å². The maximum absolute atomic E-state index is 11.6. The highest BCUT2D eigenvalue weighted by Gasteiger charge is 2.17. The number of nitrogens with one attached hydrogen (secondary N) is 2. The summed E-state index contributed by atoms with van der Waals surface area (Å²) >= 11 is 0. The van der Waals surface area contributed by atoms with Crippen LogP contribution in [0, 0.1) is 0 Å². The summed E-state index contributed by atoms with van der Waals surface area (Å²) in [6.07, 6.45) is 0.860. The molecule has 17 heavy (non-hydrogen) atoms. The van der Waals surface area contributed by atoms with E-state index in [1.54, 1.807) is 14.2 Å². The third-order valence-electron chi connectivity index (χ3n) is 2.73. The van der Waals surface area contributed by atoms with Crippen molar-refractivity contribution in [1.29, 1.82) is 0 Å². The van der Waals surface area contributed by atoms with E-state index in [0.29, 0.717) is 13.2 Å². The molecule has 0 aromatic rings. The van der Waals surface area contributed by atoms with E-state index in [-0.39, 0.29) is 17.6 Å². The number of carbonyl (C=O) groups excluding carboxylic acids is 1. The first-order valence-corrected chi connectivity index (χ1v) is 5.98. The predicted octanol–water partition coefficient (Wildman–Crippen LogP) is 0.542. The Bertz CT molecular complexity index is 220. The Morgan fingerprint density at radius 2 is 1.94 bits per heavy atom. The van der Waals surface area contributed by atoms with E-state index in [2.05, 4.69) is 10.6 Å². The Labute approximate surface area is 104 Å². The first-order valence-electron chi connectivity index (χ1n) is 5.98. The molecular formula is C12H26N2O3. The van der Waals surface area contributed by atoms with Crippen molar-refractivity contribution in [2.45, 2.75) is 38.8 Å². The molecule has 0 aliphatic heterocycles. The highest BCUT2D eigenvalue weighted by atomic mass is 16.5. The van der Waals surface area contributed by atoms with Gasteiger partial charge in [0.25, 0.3) is 0 Å². The van der Waals surface area contributed by atoms with Crippen LogP contribution in [0.4, 0.5) is 0 Å². The van der Waals surface area contributed by atoms with Crippen LogP contribution in [0.3, 0.4) is 0 Å². The van der Waals surface area contributed by atoms with Crippen LogP contribution in [0.2, 0.25) is 0 Å². The second kappa shape index (κ2) is 8.44. The standard InChI is InChI=1S/C12H26N2O3/c1-10(11(15)14-8-9-16-4)13-7-6-12(2,3)17-5/h10,13H,6-9H2,1-5H3,(H,14,15). The summed E-state index contributed by atoms with van der Waals surface area (Å²) in [7, 11) is 3.31. The molecule has 0 heterocycles. The number of hydrogen-bond donors (Lipinski definition) is 2. The summed E-state index contributed by atoms with van der Waals surface area (Å²) in [6.45, 7) is 7.73. The number of carbonyl (C=O) groups is 1. The van der Waals surface area contributed by atoms with Crippen molar-refractivity contribution in [3.05, 3.63) is 0 Å². The molecule has 2 N–H and O–H groups in total. The number of methoxy groups -OCH3 is 2. The molecule has 0 saturated heterocycles. The average molecular weight is 246 g/mol. The topological polar surface area (TPSA) is 59.6 Å². The number of amides is 1. The second-order valence-corrected chi connectivity index (χ2v) is 4.67. The summed E-state index contributed by atoms with van der Waals surface area (Å²) in [5.41, 5.74) is -0.154. The van der Waals surface area contributed by atoms with Crippen LogP contribution in [-0.4, -0.2) is 51.5 Å². The van der Waals surface area contributed by atoms with E-state index in [4.69, 9.17) is 9.47 Å². The molecule has 0 spiro atoms. The van der Waals surface area contributed by atoms with Gasteiger partial charge in [0.2, 0.25) is 5.91 Å². The van der Waals surface area contributed by atoms with Gasteiger partial charge in [-0.1, -0.05) is 0 Å². The fourth-order valence-electron chi connectivity index (χ4n) is 1.21. The van der Waals surface area contributed by atoms with Gasteiger partial charge in [-0.05, 0) is 33.7 Å². The molecular weight excluding hydrogens is 220 g/mol. The first kappa shape index (κ1) is 16.4. The van der Waals surface area contributed by atoms with E-state index in [1.165, 1.54) is 0 Å². The van der Waals surface area contributed by atoms with Gasteiger partial charge in [0.1, 0.15) is 0 Å². The summed E-state index contributed by atoms with van der Waals surface area (Å²) in [5, 5.41) is 5.95. The van der Waals surface area contributed by atoms with Gasteiger partial charge in [-0.2, -0.15) is 0 Å². The first-order chi connectivity index (χ1) is 7.93. The molecule has 1 atom stereocenters. The van der Waals surface area contributed by atoms with Gasteiger partial charge in [0.15, 0.2) is 0 Å². The number of ether oxygens (including phenoxy) is 2. The van der Waals surface area contributed by atoms with Crippen LogP contribution in [0.15, 0.2) is 0 Å². The molecule has 102 valence electrons. The summed E-state index contributed by atoms with van der Waals surface area (Å²) in [6, 6.07) is -0.195. The van der Waals surface area contributed by atoms with E-state index < -0.39 is 0 Å². The molecule has 0 bridgehead atoms. The van der Waals surface area contributed by atoms with Gasteiger partial charge in [-0.25, -0.2) is 0 Å². The van der Waals surface area contributed by atoms with E-state index in [0.717, 1.165) is 13.0 Å². The zero-order valence-corrected chi connectivity index (χ0v) is 11.6. The zero-order chi connectivity index (χ0) is 13.3. The number of rotatable bonds is 9. The van der Waals surface area contributed by atoms with Crippen molar-refractivity contribution in [1.82, 2.24) is 10.6 Å². The summed E-state index contributed by atoms with van der Waals surface area (Å²) in [5.74, 6) is -0.00253. The van der Waals surface area contributed by atoms with Crippen LogP contribution in [0.5, 0.6) is 0 Å². The molecule has 0 aromatic carbocycles. The third-order valence-corrected chi connectivity index (χ3v) is 2.73. The minimum absolute atomic E-state index is 0.00253. The van der Waals surface area contributed by atoms with Crippen LogP contribution in [0.25, 0.3) is 0 Å². The maximum Gasteiger partial charge on any atom is 0.236 e. The van der Waals surface area contributed by atoms with Crippen molar-refractivity contribution in [3.63, 3.8) is 0 Å². The normalized spacial score (nSPS) is 13.5. The van der Waals surface area contributed by atoms with Gasteiger partial charge in [0, 0.05) is 20.8 Å². The molecule has 0 aliphatic carbocycles. The van der Waals surface area contributed by atoms with Gasteiger partial charge in [-0.15, -0.1) is 0 Å². The molecule has 0 aromatic heterocycles. The summed E-state index contributed by atoms with van der Waals surface area (Å²) in [4.78, 5) is 11.6. The smallest absolute Gasteiger partial charge is 0.236 e. The fraction of sp³-hybridized carbons (Fsp3) is 0.917. The minimum Gasteiger partial charge on any atom is -0.383 e. The van der Waals surface area contributed by atoms with Crippen molar-refractivity contribution in [3.8, 4) is 0 Å². The monoisotopic (exact) mass is 246 g/mol. The maximum atomic E-state index is 11.6. The van der Waals surface area contributed by atoms with Crippen LogP contribution in [-0.2, 0) is 14.3 Å². The Hall–Kier alpha value is -0.650. The molecule has 0 aliphatic rings. The van der Waals surface area contributed by atoms with Gasteiger partial charge in [0.05, 0.1) is 18.2 Å². The highest BCUT2D eigenvalue weighted by Crippen LogP contribution is 2.11. The molecule has 0 radical (unpaired) electrons. The lowest BCUT2D eigenvalue weighted by atomic mass is 10.1. The van der Waals surface area contributed by atoms with Crippen molar-refractivity contribution in [2.24, 2.45) is 0 Å². The lowest BCUT2D eigenvalue weighted by Crippen LogP contribution is -2.44. The Balaban J connectivity index is 3.71. The SMILES string of the molecule is COCCNC(=O)C(C)NCCC(C)(C)OC. The van der Waals surface area contributed by atoms with Crippen molar-refractivity contribution >= 4 is 5.91 Å². The largest absolute Gasteiger partial charge is 0.383 e. The molecule has 0 saturated carbocycles. The highest BCUT2D eigenvalue weighted by molar-refractivity contribution is 5.81. The molecule has 0 rings (SSSR count). The molecule has 0 fully saturated rings. The molecule has 1 amide bonds. The summed E-state index contributed by atoms with van der Waals surface area (Å²) < 4.78 is 10.2. The third kappa shape index (κ3) is 8.12. The van der Waals surface area contributed by atoms with Crippen LogP contribution in [0.1, 0.15) is 27.2 Å². The van der Waals surface area contributed by atoms with Crippen molar-refractivity contribution < 1.29 is 14.3 Å². The van der Waals surface area contributed by atoms with E-state index in [9.17, 15) is 4.79 Å². The van der Waals surface area contributed by atoms with Crippen LogP contribution >= 0.6 is 0 Å². The quantitative estimate of drug-likeness (QED) is 0.583. The number of hydrogen-bond acceptors (Lipinski definition) is 4. The lowest BCUT2D eigenvalue weighted by Gasteiger charge is -2.24. The molecule has 5 nitrogen and oxygen atoms in total. The minimum atomic E-state index is -0.195. The van der Waals surface area contributed by atoms with E-state index >= 15 is 0 Å². The second-order valence-electron chi connectivity index (χ2n) is 4.67. The van der Waals surface area contributed by atoms with E-state index in [1.807, 2.05) is 20.8 Å².